The second-order valence-electron chi connectivity index (χ2n) is 4.34. The molecule has 1 rings (SSSR count). The Balaban J connectivity index is 3.35. The van der Waals surface area contributed by atoms with Crippen LogP contribution in [0.3, 0.4) is 0 Å². The van der Waals surface area contributed by atoms with Gasteiger partial charge in [0.2, 0.25) is 11.8 Å². The molecule has 6 nitrogen and oxygen atoms in total. The van der Waals surface area contributed by atoms with E-state index in [2.05, 4.69) is 21.4 Å². The fourth-order valence-corrected chi connectivity index (χ4v) is 1.75. The van der Waals surface area contributed by atoms with Crippen LogP contribution in [0.5, 0.6) is 5.88 Å². The third kappa shape index (κ3) is 3.47. The van der Waals surface area contributed by atoms with Crippen molar-refractivity contribution in [1.82, 2.24) is 9.97 Å². The molecule has 0 amide bonds. The maximum Gasteiger partial charge on any atom is 0.238 e. The lowest BCUT2D eigenvalue weighted by molar-refractivity contribution is 0.396. The normalized spacial score (nSPS) is 10.2. The molecule has 0 saturated carbocycles. The molecule has 0 aliphatic rings. The molecule has 19 heavy (non-hydrogen) atoms. The Hall–Kier alpha value is -2.03. The molecule has 0 spiro atoms. The molecule has 104 valence electrons. The Morgan fingerprint density at radius 1 is 1.32 bits per heavy atom. The van der Waals surface area contributed by atoms with Crippen LogP contribution in [0.2, 0.25) is 0 Å². The standard InChI is InChI=1S/C13H21N5O/c1-6-18(7-2)11-10(8-14)12(19-5)17-13(16-11)15-9(3)4/h9H,6-7H2,1-5H3,(H,15,16,17). The van der Waals surface area contributed by atoms with Crippen LogP contribution in [0.15, 0.2) is 0 Å². The number of rotatable bonds is 6. The molecule has 0 bridgehead atoms. The Morgan fingerprint density at radius 3 is 2.37 bits per heavy atom. The van der Waals surface area contributed by atoms with Crippen LogP contribution in [0.1, 0.15) is 33.3 Å². The van der Waals surface area contributed by atoms with Crippen LogP contribution >= 0.6 is 0 Å². The second-order valence-corrected chi connectivity index (χ2v) is 4.34. The number of methoxy groups -OCH3 is 1. The van der Waals surface area contributed by atoms with Crippen molar-refractivity contribution in [2.75, 3.05) is 30.4 Å². The summed E-state index contributed by atoms with van der Waals surface area (Å²) in [5.41, 5.74) is 0.375. The molecule has 0 aliphatic carbocycles. The number of aromatic nitrogens is 2. The summed E-state index contributed by atoms with van der Waals surface area (Å²) in [6, 6.07) is 2.34. The van der Waals surface area contributed by atoms with Crippen molar-refractivity contribution in [2.24, 2.45) is 0 Å². The lowest BCUT2D eigenvalue weighted by Crippen LogP contribution is -2.25. The van der Waals surface area contributed by atoms with E-state index in [1.807, 2.05) is 32.6 Å². The summed E-state index contributed by atoms with van der Waals surface area (Å²) in [4.78, 5) is 10.7. The summed E-state index contributed by atoms with van der Waals surface area (Å²) >= 11 is 0. The molecule has 1 heterocycles. The van der Waals surface area contributed by atoms with Gasteiger partial charge >= 0.3 is 0 Å². The number of nitrogens with one attached hydrogen (secondary N) is 1. The first-order chi connectivity index (χ1) is 9.07. The highest BCUT2D eigenvalue weighted by Crippen LogP contribution is 2.26. The zero-order valence-electron chi connectivity index (χ0n) is 12.2. The SMILES string of the molecule is CCN(CC)c1nc(NC(C)C)nc(OC)c1C#N. The van der Waals surface area contributed by atoms with Gasteiger partial charge < -0.3 is 15.0 Å². The van der Waals surface area contributed by atoms with Gasteiger partial charge in [0.1, 0.15) is 6.07 Å². The van der Waals surface area contributed by atoms with Gasteiger partial charge in [-0.1, -0.05) is 0 Å². The Morgan fingerprint density at radius 2 is 1.95 bits per heavy atom. The molecule has 1 aromatic rings. The fourth-order valence-electron chi connectivity index (χ4n) is 1.75. The van der Waals surface area contributed by atoms with Gasteiger partial charge in [-0.05, 0) is 27.7 Å². The number of anilines is 2. The molecular weight excluding hydrogens is 242 g/mol. The Labute approximate surface area is 114 Å². The van der Waals surface area contributed by atoms with Crippen LogP contribution in [-0.2, 0) is 0 Å². The van der Waals surface area contributed by atoms with Gasteiger partial charge in [-0.15, -0.1) is 0 Å². The summed E-state index contributed by atoms with van der Waals surface area (Å²) in [5, 5.41) is 12.4. The van der Waals surface area contributed by atoms with Crippen molar-refractivity contribution in [3.05, 3.63) is 5.56 Å². The topological polar surface area (TPSA) is 74.1 Å². The van der Waals surface area contributed by atoms with E-state index < -0.39 is 0 Å². The zero-order chi connectivity index (χ0) is 14.4. The number of nitrogens with zero attached hydrogens (tertiary/aromatic N) is 4. The minimum absolute atomic E-state index is 0.210. The van der Waals surface area contributed by atoms with Gasteiger partial charge in [0.05, 0.1) is 7.11 Å². The highest BCUT2D eigenvalue weighted by atomic mass is 16.5. The number of ether oxygens (including phenoxy) is 1. The maximum absolute atomic E-state index is 9.29. The first kappa shape index (κ1) is 15.0. The van der Waals surface area contributed by atoms with Crippen LogP contribution < -0.4 is 15.0 Å². The van der Waals surface area contributed by atoms with Crippen molar-refractivity contribution < 1.29 is 4.74 Å². The zero-order valence-corrected chi connectivity index (χ0v) is 12.2. The van der Waals surface area contributed by atoms with E-state index in [4.69, 9.17) is 4.74 Å². The molecule has 1 aromatic heterocycles. The van der Waals surface area contributed by atoms with Gasteiger partial charge in [-0.2, -0.15) is 15.2 Å². The van der Waals surface area contributed by atoms with Gasteiger partial charge in [0.25, 0.3) is 0 Å². The molecule has 0 aliphatic heterocycles. The molecule has 0 unspecified atom stereocenters. The average molecular weight is 263 g/mol. The van der Waals surface area contributed by atoms with Gasteiger partial charge in [0, 0.05) is 19.1 Å². The Bertz CT molecular complexity index is 463. The minimum Gasteiger partial charge on any atom is -0.480 e. The van der Waals surface area contributed by atoms with Crippen LogP contribution in [0, 0.1) is 11.3 Å². The van der Waals surface area contributed by atoms with Gasteiger partial charge in [-0.25, -0.2) is 0 Å². The summed E-state index contributed by atoms with van der Waals surface area (Å²) in [6.07, 6.45) is 0. The summed E-state index contributed by atoms with van der Waals surface area (Å²) in [7, 11) is 1.51. The smallest absolute Gasteiger partial charge is 0.238 e. The van der Waals surface area contributed by atoms with E-state index >= 15 is 0 Å². The highest BCUT2D eigenvalue weighted by molar-refractivity contribution is 5.61. The summed E-state index contributed by atoms with van der Waals surface area (Å²) in [5.74, 6) is 1.40. The first-order valence-corrected chi connectivity index (χ1v) is 6.44. The molecule has 0 fully saturated rings. The van der Waals surface area contributed by atoms with Gasteiger partial charge in [0.15, 0.2) is 11.4 Å². The third-order valence-electron chi connectivity index (χ3n) is 2.64. The molecule has 0 radical (unpaired) electrons. The van der Waals surface area contributed by atoms with Crippen molar-refractivity contribution >= 4 is 11.8 Å². The average Bonchev–Trinajstić information content (AvgIpc) is 2.38. The van der Waals surface area contributed by atoms with Crippen LogP contribution in [0.25, 0.3) is 0 Å². The van der Waals surface area contributed by atoms with E-state index in [-0.39, 0.29) is 6.04 Å². The fraction of sp³-hybridized carbons (Fsp3) is 0.615. The van der Waals surface area contributed by atoms with E-state index in [0.29, 0.717) is 23.2 Å². The molecule has 6 heteroatoms. The molecule has 1 N–H and O–H groups in total. The quantitative estimate of drug-likeness (QED) is 0.846. The summed E-state index contributed by atoms with van der Waals surface area (Å²) in [6.45, 7) is 9.60. The molecular formula is C13H21N5O. The van der Waals surface area contributed by atoms with E-state index in [9.17, 15) is 5.26 Å². The van der Waals surface area contributed by atoms with E-state index in [1.165, 1.54) is 7.11 Å². The molecule has 0 aromatic carbocycles. The predicted molar refractivity (Wildman–Crippen MR) is 75.6 cm³/mol. The number of hydrogen-bond donors (Lipinski definition) is 1. The maximum atomic E-state index is 9.29. The predicted octanol–water partition coefficient (Wildman–Crippen LogP) is 2.02. The monoisotopic (exact) mass is 263 g/mol. The first-order valence-electron chi connectivity index (χ1n) is 6.44. The van der Waals surface area contributed by atoms with Crippen molar-refractivity contribution in [3.63, 3.8) is 0 Å². The summed E-state index contributed by atoms with van der Waals surface area (Å²) < 4.78 is 5.20. The van der Waals surface area contributed by atoms with Gasteiger partial charge in [-0.3, -0.25) is 0 Å². The number of nitriles is 1. The molecule has 0 saturated heterocycles. The van der Waals surface area contributed by atoms with Crippen molar-refractivity contribution in [1.29, 1.82) is 5.26 Å². The van der Waals surface area contributed by atoms with Crippen LogP contribution in [-0.4, -0.2) is 36.2 Å². The van der Waals surface area contributed by atoms with E-state index in [1.54, 1.807) is 0 Å². The van der Waals surface area contributed by atoms with Crippen LogP contribution in [0.4, 0.5) is 11.8 Å². The lowest BCUT2D eigenvalue weighted by atomic mass is 10.3. The Kier molecular flexibility index (Phi) is 5.37. The highest BCUT2D eigenvalue weighted by Gasteiger charge is 2.19. The third-order valence-corrected chi connectivity index (χ3v) is 2.64. The molecule has 0 atom stereocenters. The van der Waals surface area contributed by atoms with Crippen molar-refractivity contribution in [2.45, 2.75) is 33.7 Å². The second kappa shape index (κ2) is 6.78. The largest absolute Gasteiger partial charge is 0.480 e. The number of hydrogen-bond acceptors (Lipinski definition) is 6. The minimum atomic E-state index is 0.210. The van der Waals surface area contributed by atoms with E-state index in [0.717, 1.165) is 13.1 Å². The van der Waals surface area contributed by atoms with Crippen molar-refractivity contribution in [3.8, 4) is 11.9 Å². The lowest BCUT2D eigenvalue weighted by Gasteiger charge is -2.22.